The van der Waals surface area contributed by atoms with Gasteiger partial charge in [0.05, 0.1) is 11.5 Å². The molecule has 0 aliphatic rings. The smallest absolute Gasteiger partial charge is 0.287 e. The Labute approximate surface area is 85.6 Å². The van der Waals surface area contributed by atoms with Gasteiger partial charge in [0.25, 0.3) is 5.69 Å². The van der Waals surface area contributed by atoms with Gasteiger partial charge in [-0.15, -0.1) is 0 Å². The molecule has 0 aliphatic heterocycles. The predicted molar refractivity (Wildman–Crippen MR) is 54.2 cm³/mol. The van der Waals surface area contributed by atoms with Crippen molar-refractivity contribution in [3.8, 4) is 0 Å². The molecular weight excluding hydrogens is 206 g/mol. The maximum atomic E-state index is 10.4. The third kappa shape index (κ3) is 2.55. The number of benzene rings is 1. The maximum absolute atomic E-state index is 10.4. The number of hydrogen-bond donors (Lipinski definition) is 1. The van der Waals surface area contributed by atoms with Gasteiger partial charge < -0.3 is 5.11 Å². The molecule has 74 valence electrons. The van der Waals surface area contributed by atoms with Crippen LogP contribution in [0.2, 0.25) is 5.02 Å². The molecule has 1 rings (SSSR count). The van der Waals surface area contributed by atoms with Gasteiger partial charge in [0.1, 0.15) is 5.02 Å². The Morgan fingerprint density at radius 1 is 1.57 bits per heavy atom. The predicted octanol–water partition coefficient (Wildman–Crippen LogP) is 2.25. The lowest BCUT2D eigenvalue weighted by Crippen LogP contribution is -1.89. The number of nitro benzene ring substituents is 1. The van der Waals surface area contributed by atoms with E-state index in [2.05, 4.69) is 0 Å². The van der Waals surface area contributed by atoms with Crippen molar-refractivity contribution in [1.82, 2.24) is 0 Å². The first-order valence-corrected chi connectivity index (χ1v) is 4.24. The first-order chi connectivity index (χ1) is 6.65. The van der Waals surface area contributed by atoms with Crippen LogP contribution in [0.25, 0.3) is 6.08 Å². The molecule has 1 N–H and O–H groups in total. The Bertz CT molecular complexity index is 376. The monoisotopic (exact) mass is 213 g/mol. The van der Waals surface area contributed by atoms with Crippen LogP contribution in [0.4, 0.5) is 5.69 Å². The second-order valence-electron chi connectivity index (χ2n) is 2.55. The minimum Gasteiger partial charge on any atom is -0.392 e. The van der Waals surface area contributed by atoms with Crippen molar-refractivity contribution in [2.75, 3.05) is 6.61 Å². The zero-order valence-corrected chi connectivity index (χ0v) is 7.94. The molecule has 0 saturated carbocycles. The first kappa shape index (κ1) is 10.7. The van der Waals surface area contributed by atoms with Crippen molar-refractivity contribution in [2.45, 2.75) is 0 Å². The summed E-state index contributed by atoms with van der Waals surface area (Å²) in [6.07, 6.45) is 3.16. The van der Waals surface area contributed by atoms with E-state index in [0.29, 0.717) is 0 Å². The van der Waals surface area contributed by atoms with Crippen LogP contribution in [0.15, 0.2) is 24.3 Å². The van der Waals surface area contributed by atoms with Crippen molar-refractivity contribution in [3.05, 3.63) is 45.0 Å². The quantitative estimate of drug-likeness (QED) is 0.619. The van der Waals surface area contributed by atoms with E-state index >= 15 is 0 Å². The molecule has 5 heteroatoms. The molecule has 0 amide bonds. The molecule has 1 aromatic carbocycles. The summed E-state index contributed by atoms with van der Waals surface area (Å²) < 4.78 is 0. The van der Waals surface area contributed by atoms with Gasteiger partial charge in [0.2, 0.25) is 0 Å². The van der Waals surface area contributed by atoms with Crippen LogP contribution in [-0.4, -0.2) is 16.6 Å². The Kier molecular flexibility index (Phi) is 3.62. The Hall–Kier alpha value is -1.39. The number of nitro groups is 1. The van der Waals surface area contributed by atoms with E-state index in [4.69, 9.17) is 16.7 Å². The average molecular weight is 214 g/mol. The fourth-order valence-electron chi connectivity index (χ4n) is 0.964. The molecule has 0 aliphatic carbocycles. The molecule has 0 atom stereocenters. The highest BCUT2D eigenvalue weighted by molar-refractivity contribution is 6.32. The number of hydrogen-bond acceptors (Lipinski definition) is 3. The molecule has 0 aromatic heterocycles. The van der Waals surface area contributed by atoms with Crippen molar-refractivity contribution in [3.63, 3.8) is 0 Å². The van der Waals surface area contributed by atoms with Gasteiger partial charge in [0, 0.05) is 6.07 Å². The van der Waals surface area contributed by atoms with Crippen LogP contribution < -0.4 is 0 Å². The summed E-state index contributed by atoms with van der Waals surface area (Å²) in [6.45, 7) is -0.0748. The fourth-order valence-corrected chi connectivity index (χ4v) is 1.22. The van der Waals surface area contributed by atoms with Crippen LogP contribution in [0.3, 0.4) is 0 Å². The van der Waals surface area contributed by atoms with Crippen LogP contribution in [0, 0.1) is 10.1 Å². The van der Waals surface area contributed by atoms with Crippen LogP contribution >= 0.6 is 11.6 Å². The van der Waals surface area contributed by atoms with Crippen molar-refractivity contribution < 1.29 is 10.0 Å². The molecule has 0 spiro atoms. The molecule has 0 bridgehead atoms. The summed E-state index contributed by atoms with van der Waals surface area (Å²) in [5, 5.41) is 19.0. The molecule has 14 heavy (non-hydrogen) atoms. The van der Waals surface area contributed by atoms with E-state index in [0.717, 1.165) is 5.56 Å². The van der Waals surface area contributed by atoms with E-state index in [-0.39, 0.29) is 17.3 Å². The van der Waals surface area contributed by atoms with E-state index in [1.807, 2.05) is 0 Å². The highest BCUT2D eigenvalue weighted by Gasteiger charge is 2.10. The highest BCUT2D eigenvalue weighted by atomic mass is 35.5. The second-order valence-corrected chi connectivity index (χ2v) is 2.96. The van der Waals surface area contributed by atoms with Crippen LogP contribution in [0.1, 0.15) is 5.56 Å². The van der Waals surface area contributed by atoms with Crippen molar-refractivity contribution >= 4 is 23.4 Å². The molecule has 1 aromatic rings. The highest BCUT2D eigenvalue weighted by Crippen LogP contribution is 2.25. The largest absolute Gasteiger partial charge is 0.392 e. The van der Waals surface area contributed by atoms with Gasteiger partial charge in [-0.3, -0.25) is 10.1 Å². The fraction of sp³-hybridized carbons (Fsp3) is 0.111. The molecule has 0 radical (unpaired) electrons. The summed E-state index contributed by atoms with van der Waals surface area (Å²) >= 11 is 5.67. The molecule has 4 nitrogen and oxygen atoms in total. The summed E-state index contributed by atoms with van der Waals surface area (Å²) in [7, 11) is 0. The normalized spacial score (nSPS) is 10.7. The lowest BCUT2D eigenvalue weighted by atomic mass is 10.2. The first-order valence-electron chi connectivity index (χ1n) is 3.86. The van der Waals surface area contributed by atoms with Gasteiger partial charge >= 0.3 is 0 Å². The summed E-state index contributed by atoms with van der Waals surface area (Å²) in [5.74, 6) is 0. The summed E-state index contributed by atoms with van der Waals surface area (Å²) in [6, 6.07) is 4.38. The minimum atomic E-state index is -0.540. The second kappa shape index (κ2) is 4.74. The Morgan fingerprint density at radius 2 is 2.29 bits per heavy atom. The standard InChI is InChI=1S/C9H8ClNO3/c10-8-6-7(2-1-5-12)3-4-9(8)11(13)14/h1-4,6,12H,5H2/b2-1+. The van der Waals surface area contributed by atoms with Crippen LogP contribution in [-0.2, 0) is 0 Å². The van der Waals surface area contributed by atoms with Crippen molar-refractivity contribution in [1.29, 1.82) is 0 Å². The lowest BCUT2D eigenvalue weighted by molar-refractivity contribution is -0.384. The molecule has 0 heterocycles. The maximum Gasteiger partial charge on any atom is 0.287 e. The van der Waals surface area contributed by atoms with Gasteiger partial charge in [-0.25, -0.2) is 0 Å². The topological polar surface area (TPSA) is 63.4 Å². The summed E-state index contributed by atoms with van der Waals surface area (Å²) in [4.78, 5) is 9.87. The number of aliphatic hydroxyl groups is 1. The Balaban J connectivity index is 3.00. The number of halogens is 1. The molecular formula is C9H8ClNO3. The summed E-state index contributed by atoms with van der Waals surface area (Å²) in [5.41, 5.74) is 0.600. The zero-order chi connectivity index (χ0) is 10.6. The van der Waals surface area contributed by atoms with Crippen LogP contribution in [0.5, 0.6) is 0 Å². The average Bonchev–Trinajstić information content (AvgIpc) is 2.14. The Morgan fingerprint density at radius 3 is 2.79 bits per heavy atom. The van der Waals surface area contributed by atoms with Gasteiger partial charge in [-0.1, -0.05) is 23.8 Å². The van der Waals surface area contributed by atoms with Gasteiger partial charge in [0.15, 0.2) is 0 Å². The molecule has 0 unspecified atom stereocenters. The zero-order valence-electron chi connectivity index (χ0n) is 7.18. The van der Waals surface area contributed by atoms with E-state index in [1.165, 1.54) is 18.2 Å². The van der Waals surface area contributed by atoms with E-state index in [9.17, 15) is 10.1 Å². The van der Waals surface area contributed by atoms with Gasteiger partial charge in [-0.05, 0) is 17.7 Å². The van der Waals surface area contributed by atoms with E-state index < -0.39 is 4.92 Å². The molecule has 0 saturated heterocycles. The number of nitrogens with zero attached hydrogens (tertiary/aromatic N) is 1. The third-order valence-electron chi connectivity index (χ3n) is 1.58. The minimum absolute atomic E-state index is 0.0748. The van der Waals surface area contributed by atoms with E-state index in [1.54, 1.807) is 12.1 Å². The van der Waals surface area contributed by atoms with Gasteiger partial charge in [-0.2, -0.15) is 0 Å². The third-order valence-corrected chi connectivity index (χ3v) is 1.89. The number of rotatable bonds is 3. The lowest BCUT2D eigenvalue weighted by Gasteiger charge is -1.96. The SMILES string of the molecule is O=[N+]([O-])c1ccc(/C=C/CO)cc1Cl. The van der Waals surface area contributed by atoms with Crippen molar-refractivity contribution in [2.24, 2.45) is 0 Å². The number of aliphatic hydroxyl groups excluding tert-OH is 1. The molecule has 0 fully saturated rings.